The first-order valence-corrected chi connectivity index (χ1v) is 15.8. The summed E-state index contributed by atoms with van der Waals surface area (Å²) in [6, 6.07) is 0. The second-order valence-corrected chi connectivity index (χ2v) is 10.2. The summed E-state index contributed by atoms with van der Waals surface area (Å²) in [4.78, 5) is 2.64. The van der Waals surface area contributed by atoms with Crippen molar-refractivity contribution in [1.82, 2.24) is 10.6 Å². The molecule has 45 heavy (non-hydrogen) atoms. The topological polar surface area (TPSA) is 228 Å². The molecule has 1 rings (SSSR count). The number of nitrogens with one attached hydrogen (secondary N) is 2. The maximum absolute atomic E-state index is 9.96. The Balaban J connectivity index is 1.76. The van der Waals surface area contributed by atoms with E-state index in [1.807, 2.05) is 0 Å². The van der Waals surface area contributed by atoms with Crippen LogP contribution in [0.25, 0.3) is 10.4 Å². The van der Waals surface area contributed by atoms with Crippen LogP contribution in [0.1, 0.15) is 25.7 Å². The van der Waals surface area contributed by atoms with Gasteiger partial charge in [0, 0.05) is 31.2 Å². The average Bonchev–Trinajstić information content (AvgIpc) is 3.04. The highest BCUT2D eigenvalue weighted by Gasteiger charge is 2.43. The van der Waals surface area contributed by atoms with E-state index < -0.39 is 37.3 Å². The van der Waals surface area contributed by atoms with Gasteiger partial charge in [-0.2, -0.15) is 0 Å². The zero-order valence-electron chi connectivity index (χ0n) is 26.0. The summed E-state index contributed by atoms with van der Waals surface area (Å²) >= 11 is 5.26. The molecule has 0 unspecified atom stereocenters. The molecular weight excluding hydrogens is 618 g/mol. The van der Waals surface area contributed by atoms with Gasteiger partial charge >= 0.3 is 0 Å². The van der Waals surface area contributed by atoms with Gasteiger partial charge in [0.1, 0.15) is 24.4 Å². The highest BCUT2D eigenvalue weighted by atomic mass is 32.1. The standard InChI is InChI=1S/C27H53N5O12S/c28-32-31-7-10-38-12-14-40-16-18-42-20-19-41-17-15-39-13-11-37-9-6-30-27(45)29-5-3-1-2-4-8-43-26-25(36)24(35)23(34)22(21-33)44-26/h22-26,33-36H,1-21H2,(H2,29,30,45)/t22-,23-,24+,25+,26+/m1/s1. The summed E-state index contributed by atoms with van der Waals surface area (Å²) in [7, 11) is 0. The molecule has 1 aliphatic rings. The van der Waals surface area contributed by atoms with Gasteiger partial charge in [0.15, 0.2) is 11.4 Å². The van der Waals surface area contributed by atoms with Gasteiger partial charge in [-0.1, -0.05) is 18.0 Å². The van der Waals surface area contributed by atoms with Crippen molar-refractivity contribution in [2.24, 2.45) is 5.11 Å². The molecule has 17 nitrogen and oxygen atoms in total. The summed E-state index contributed by atoms with van der Waals surface area (Å²) in [5.41, 5.74) is 8.13. The summed E-state index contributed by atoms with van der Waals surface area (Å²) in [5, 5.41) is 48.9. The molecule has 0 aromatic heterocycles. The molecule has 0 bridgehead atoms. The molecule has 0 amide bonds. The summed E-state index contributed by atoms with van der Waals surface area (Å²) < 4.78 is 43.2. The predicted octanol–water partition coefficient (Wildman–Crippen LogP) is -0.763. The first-order valence-electron chi connectivity index (χ1n) is 15.4. The Bertz CT molecular complexity index is 757. The first kappa shape index (κ1) is 41.5. The van der Waals surface area contributed by atoms with E-state index in [0.717, 1.165) is 32.2 Å². The second-order valence-electron chi connectivity index (χ2n) is 9.79. The minimum atomic E-state index is -1.43. The third-order valence-electron chi connectivity index (χ3n) is 6.28. The van der Waals surface area contributed by atoms with Crippen molar-refractivity contribution in [3.05, 3.63) is 10.4 Å². The molecule has 0 aromatic rings. The number of hydrogen-bond donors (Lipinski definition) is 6. The van der Waals surface area contributed by atoms with Gasteiger partial charge in [-0.3, -0.25) is 0 Å². The zero-order chi connectivity index (χ0) is 32.8. The average molecular weight is 672 g/mol. The summed E-state index contributed by atoms with van der Waals surface area (Å²) in [6.45, 7) is 7.08. The molecule has 0 aromatic carbocycles. The van der Waals surface area contributed by atoms with Crippen molar-refractivity contribution < 1.29 is 58.3 Å². The summed E-state index contributed by atoms with van der Waals surface area (Å²) in [6.07, 6.45) is -2.74. The molecule has 1 aliphatic heterocycles. The number of aliphatic hydroxyl groups excluding tert-OH is 4. The maximum Gasteiger partial charge on any atom is 0.186 e. The van der Waals surface area contributed by atoms with Crippen molar-refractivity contribution in [3.8, 4) is 0 Å². The fourth-order valence-electron chi connectivity index (χ4n) is 3.84. The van der Waals surface area contributed by atoms with Crippen molar-refractivity contribution in [2.75, 3.05) is 112 Å². The Kier molecular flexibility index (Phi) is 27.6. The normalized spacial score (nSPS) is 21.4. The highest BCUT2D eigenvalue weighted by molar-refractivity contribution is 7.80. The monoisotopic (exact) mass is 671 g/mol. The van der Waals surface area contributed by atoms with Crippen LogP contribution in [0.3, 0.4) is 0 Å². The third kappa shape index (κ3) is 22.6. The van der Waals surface area contributed by atoms with Crippen molar-refractivity contribution >= 4 is 17.3 Å². The Hall–Kier alpha value is -1.48. The van der Waals surface area contributed by atoms with Gasteiger partial charge in [-0.05, 0) is 30.6 Å². The zero-order valence-corrected chi connectivity index (χ0v) is 26.9. The Labute approximate surface area is 270 Å². The van der Waals surface area contributed by atoms with Crippen LogP contribution in [-0.4, -0.2) is 168 Å². The summed E-state index contributed by atoms with van der Waals surface area (Å²) in [5.74, 6) is 0. The van der Waals surface area contributed by atoms with Crippen LogP contribution in [0.5, 0.6) is 0 Å². The lowest BCUT2D eigenvalue weighted by Gasteiger charge is -2.39. The smallest absolute Gasteiger partial charge is 0.186 e. The van der Waals surface area contributed by atoms with Crippen molar-refractivity contribution in [3.63, 3.8) is 0 Å². The molecule has 0 spiro atoms. The van der Waals surface area contributed by atoms with Gasteiger partial charge in [-0.15, -0.1) is 0 Å². The van der Waals surface area contributed by atoms with E-state index >= 15 is 0 Å². The molecule has 1 saturated heterocycles. The largest absolute Gasteiger partial charge is 0.394 e. The van der Waals surface area contributed by atoms with Gasteiger partial charge in [-0.25, -0.2) is 0 Å². The van der Waals surface area contributed by atoms with E-state index in [-0.39, 0.29) is 0 Å². The maximum atomic E-state index is 9.96. The Morgan fingerprint density at radius 2 is 1.18 bits per heavy atom. The SMILES string of the molecule is [N-]=[N+]=NCCOCCOCCOCCOCCOCCOCCNC(=S)NCCCCCCO[C@H]1O[C@H](CO)[C@@H](O)[C@H](O)[C@@H]1O. The molecule has 6 N–H and O–H groups in total. The molecule has 264 valence electrons. The van der Waals surface area contributed by atoms with Crippen LogP contribution < -0.4 is 10.6 Å². The van der Waals surface area contributed by atoms with Crippen LogP contribution in [-0.2, 0) is 37.9 Å². The van der Waals surface area contributed by atoms with Crippen LogP contribution in [0.4, 0.5) is 0 Å². The van der Waals surface area contributed by atoms with E-state index in [1.54, 1.807) is 0 Å². The van der Waals surface area contributed by atoms with Crippen LogP contribution >= 0.6 is 12.2 Å². The van der Waals surface area contributed by atoms with E-state index in [9.17, 15) is 20.4 Å². The van der Waals surface area contributed by atoms with Crippen molar-refractivity contribution in [1.29, 1.82) is 0 Å². The quantitative estimate of drug-likeness (QED) is 0.0181. The van der Waals surface area contributed by atoms with E-state index in [2.05, 4.69) is 20.7 Å². The number of unbranched alkanes of at least 4 members (excludes halogenated alkanes) is 3. The highest BCUT2D eigenvalue weighted by Crippen LogP contribution is 2.22. The molecule has 0 radical (unpaired) electrons. The molecule has 0 saturated carbocycles. The van der Waals surface area contributed by atoms with Gasteiger partial charge in [0.2, 0.25) is 0 Å². The minimum Gasteiger partial charge on any atom is -0.394 e. The van der Waals surface area contributed by atoms with Crippen molar-refractivity contribution in [2.45, 2.75) is 56.4 Å². The number of hydrogen-bond acceptors (Lipinski definition) is 14. The molecule has 1 fully saturated rings. The Morgan fingerprint density at radius 1 is 0.667 bits per heavy atom. The molecule has 18 heteroatoms. The molecule has 0 aliphatic carbocycles. The molecule has 5 atom stereocenters. The first-order chi connectivity index (χ1) is 22.0. The lowest BCUT2D eigenvalue weighted by Crippen LogP contribution is -2.59. The lowest BCUT2D eigenvalue weighted by atomic mass is 9.99. The van der Waals surface area contributed by atoms with E-state index in [0.29, 0.717) is 104 Å². The Morgan fingerprint density at radius 3 is 1.73 bits per heavy atom. The van der Waals surface area contributed by atoms with Gasteiger partial charge in [0.05, 0.1) is 85.9 Å². The van der Waals surface area contributed by atoms with Crippen LogP contribution in [0.2, 0.25) is 0 Å². The number of azide groups is 1. The van der Waals surface area contributed by atoms with Crippen LogP contribution in [0, 0.1) is 0 Å². The van der Waals surface area contributed by atoms with E-state index in [1.165, 1.54) is 0 Å². The third-order valence-corrected chi connectivity index (χ3v) is 6.57. The number of rotatable bonds is 30. The van der Waals surface area contributed by atoms with Crippen LogP contribution in [0.15, 0.2) is 5.11 Å². The number of aliphatic hydroxyl groups is 4. The fraction of sp³-hybridized carbons (Fsp3) is 0.963. The fourth-order valence-corrected chi connectivity index (χ4v) is 4.04. The van der Waals surface area contributed by atoms with E-state index in [4.69, 9.17) is 55.6 Å². The number of ether oxygens (including phenoxy) is 8. The number of thiocarbonyl (C=S) groups is 1. The minimum absolute atomic E-state index is 0.318. The predicted molar refractivity (Wildman–Crippen MR) is 166 cm³/mol. The molecular formula is C27H53N5O12S. The number of nitrogens with zero attached hydrogens (tertiary/aromatic N) is 3. The second kappa shape index (κ2) is 29.9. The lowest BCUT2D eigenvalue weighted by molar-refractivity contribution is -0.301. The van der Waals surface area contributed by atoms with Gasteiger partial charge < -0.3 is 69.0 Å². The van der Waals surface area contributed by atoms with Gasteiger partial charge in [0.25, 0.3) is 0 Å². The molecule has 1 heterocycles.